The van der Waals surface area contributed by atoms with E-state index in [4.69, 9.17) is 4.42 Å². The molecule has 1 N–H and O–H groups in total. The van der Waals surface area contributed by atoms with E-state index in [2.05, 4.69) is 22.4 Å². The van der Waals surface area contributed by atoms with Crippen molar-refractivity contribution >= 4 is 23.0 Å². The molecule has 1 amide bonds. The fourth-order valence-corrected chi connectivity index (χ4v) is 3.20. The Morgan fingerprint density at radius 3 is 2.75 bits per heavy atom. The van der Waals surface area contributed by atoms with Crippen LogP contribution in [0, 0.1) is 0 Å². The van der Waals surface area contributed by atoms with E-state index in [0.717, 1.165) is 17.4 Å². The van der Waals surface area contributed by atoms with Gasteiger partial charge in [0.2, 0.25) is 5.91 Å². The van der Waals surface area contributed by atoms with Crippen LogP contribution in [-0.2, 0) is 17.8 Å². The zero-order valence-electron chi connectivity index (χ0n) is 15.4. The highest BCUT2D eigenvalue weighted by Crippen LogP contribution is 2.19. The molecule has 1 atom stereocenters. The van der Waals surface area contributed by atoms with Gasteiger partial charge < -0.3 is 14.3 Å². The number of rotatable bonds is 7. The molecule has 1 unspecified atom stereocenters. The van der Waals surface area contributed by atoms with Crippen molar-refractivity contribution in [1.82, 2.24) is 14.9 Å². The van der Waals surface area contributed by atoms with Crippen LogP contribution < -0.4 is 5.32 Å². The maximum absolute atomic E-state index is 12.5. The fraction of sp³-hybridized carbons (Fsp3) is 0.130. The number of para-hydroxylation sites is 1. The van der Waals surface area contributed by atoms with E-state index in [-0.39, 0.29) is 11.9 Å². The fourth-order valence-electron chi connectivity index (χ4n) is 3.20. The van der Waals surface area contributed by atoms with Gasteiger partial charge in [0.05, 0.1) is 12.4 Å². The van der Waals surface area contributed by atoms with Gasteiger partial charge in [-0.1, -0.05) is 48.5 Å². The molecular weight excluding hydrogens is 350 g/mol. The van der Waals surface area contributed by atoms with Gasteiger partial charge >= 0.3 is 0 Å². The maximum atomic E-state index is 12.5. The largest absolute Gasteiger partial charge is 0.457 e. The minimum atomic E-state index is -0.151. The average molecular weight is 371 g/mol. The number of imidazole rings is 1. The molecule has 4 aromatic rings. The monoisotopic (exact) mass is 371 g/mol. The molecule has 0 saturated heterocycles. The van der Waals surface area contributed by atoms with Gasteiger partial charge in [0.1, 0.15) is 11.3 Å². The SMILES string of the molecule is O=C(/C=C/c1cc2ccccc2o1)NC(Cc1ccccc1)Cn1ccnc1. The average Bonchev–Trinajstić information content (AvgIpc) is 3.36. The number of furan rings is 1. The molecule has 5 nitrogen and oxygen atoms in total. The van der Waals surface area contributed by atoms with Crippen molar-refractivity contribution < 1.29 is 9.21 Å². The Morgan fingerprint density at radius 1 is 1.14 bits per heavy atom. The molecule has 0 spiro atoms. The predicted molar refractivity (Wildman–Crippen MR) is 110 cm³/mol. The van der Waals surface area contributed by atoms with Crippen molar-refractivity contribution in [3.8, 4) is 0 Å². The Kier molecular flexibility index (Phi) is 5.33. The van der Waals surface area contributed by atoms with Gasteiger partial charge in [0.25, 0.3) is 0 Å². The first kappa shape index (κ1) is 17.8. The van der Waals surface area contributed by atoms with Crippen LogP contribution in [0.3, 0.4) is 0 Å². The van der Waals surface area contributed by atoms with Crippen molar-refractivity contribution in [2.24, 2.45) is 0 Å². The summed E-state index contributed by atoms with van der Waals surface area (Å²) in [6.07, 6.45) is 9.35. The summed E-state index contributed by atoms with van der Waals surface area (Å²) < 4.78 is 7.69. The van der Waals surface area contributed by atoms with Crippen LogP contribution in [0.25, 0.3) is 17.0 Å². The van der Waals surface area contributed by atoms with E-state index >= 15 is 0 Å². The van der Waals surface area contributed by atoms with Gasteiger partial charge in [-0.15, -0.1) is 0 Å². The Morgan fingerprint density at radius 2 is 1.96 bits per heavy atom. The van der Waals surface area contributed by atoms with Gasteiger partial charge in [0, 0.05) is 30.4 Å². The summed E-state index contributed by atoms with van der Waals surface area (Å²) >= 11 is 0. The topological polar surface area (TPSA) is 60.1 Å². The van der Waals surface area contributed by atoms with Crippen LogP contribution in [0.4, 0.5) is 0 Å². The number of nitrogens with zero attached hydrogens (tertiary/aromatic N) is 2. The van der Waals surface area contributed by atoms with Crippen molar-refractivity contribution in [3.63, 3.8) is 0 Å². The van der Waals surface area contributed by atoms with Crippen LogP contribution >= 0.6 is 0 Å². The molecule has 2 aromatic heterocycles. The number of benzene rings is 2. The third kappa shape index (κ3) is 4.57. The second-order valence-electron chi connectivity index (χ2n) is 6.67. The minimum absolute atomic E-state index is 0.0515. The first-order chi connectivity index (χ1) is 13.8. The van der Waals surface area contributed by atoms with Crippen molar-refractivity contribution in [2.75, 3.05) is 0 Å². The van der Waals surface area contributed by atoms with Crippen LogP contribution in [0.15, 0.2) is 89.9 Å². The van der Waals surface area contributed by atoms with Crippen LogP contribution in [0.1, 0.15) is 11.3 Å². The molecule has 140 valence electrons. The van der Waals surface area contributed by atoms with Crippen molar-refractivity contribution in [1.29, 1.82) is 0 Å². The predicted octanol–water partition coefficient (Wildman–Crippen LogP) is 4.07. The van der Waals surface area contributed by atoms with E-state index in [0.29, 0.717) is 12.3 Å². The van der Waals surface area contributed by atoms with E-state index in [1.54, 1.807) is 18.6 Å². The van der Waals surface area contributed by atoms with Crippen LogP contribution in [0.5, 0.6) is 0 Å². The molecule has 5 heteroatoms. The molecule has 0 bridgehead atoms. The molecule has 0 fully saturated rings. The van der Waals surface area contributed by atoms with Crippen molar-refractivity contribution in [2.45, 2.75) is 19.0 Å². The Balaban J connectivity index is 1.44. The quantitative estimate of drug-likeness (QED) is 0.498. The molecular formula is C23H21N3O2. The summed E-state index contributed by atoms with van der Waals surface area (Å²) in [6.45, 7) is 0.652. The van der Waals surface area contributed by atoms with Gasteiger partial charge in [-0.3, -0.25) is 4.79 Å². The van der Waals surface area contributed by atoms with Crippen LogP contribution in [0.2, 0.25) is 0 Å². The summed E-state index contributed by atoms with van der Waals surface area (Å²) in [5.41, 5.74) is 1.98. The third-order valence-corrected chi connectivity index (χ3v) is 4.51. The highest BCUT2D eigenvalue weighted by molar-refractivity contribution is 5.92. The number of fused-ring (bicyclic) bond motifs is 1. The normalized spacial score (nSPS) is 12.4. The molecule has 0 saturated carbocycles. The lowest BCUT2D eigenvalue weighted by atomic mass is 10.1. The number of carbonyl (C=O) groups excluding carboxylic acids is 1. The van der Waals surface area contributed by atoms with Gasteiger partial charge in [0.15, 0.2) is 0 Å². The van der Waals surface area contributed by atoms with Crippen LogP contribution in [-0.4, -0.2) is 21.5 Å². The molecule has 0 radical (unpaired) electrons. The lowest BCUT2D eigenvalue weighted by Crippen LogP contribution is -2.38. The summed E-state index contributed by atoms with van der Waals surface area (Å²) in [4.78, 5) is 16.6. The number of nitrogens with one attached hydrogen (secondary N) is 1. The molecule has 2 heterocycles. The zero-order valence-corrected chi connectivity index (χ0v) is 15.4. The Bertz CT molecular complexity index is 1030. The Hall–Kier alpha value is -3.60. The lowest BCUT2D eigenvalue weighted by Gasteiger charge is -2.18. The summed E-state index contributed by atoms with van der Waals surface area (Å²) in [5.74, 6) is 0.507. The number of hydrogen-bond acceptors (Lipinski definition) is 3. The van der Waals surface area contributed by atoms with Gasteiger partial charge in [-0.2, -0.15) is 0 Å². The molecule has 28 heavy (non-hydrogen) atoms. The number of carbonyl (C=O) groups is 1. The molecule has 0 aliphatic carbocycles. The highest BCUT2D eigenvalue weighted by atomic mass is 16.3. The summed E-state index contributed by atoms with van der Waals surface area (Å²) in [6, 6.07) is 19.8. The minimum Gasteiger partial charge on any atom is -0.457 e. The number of aromatic nitrogens is 2. The molecule has 4 rings (SSSR count). The van der Waals surface area contributed by atoms with E-state index in [1.807, 2.05) is 59.3 Å². The summed E-state index contributed by atoms with van der Waals surface area (Å²) in [7, 11) is 0. The number of amides is 1. The lowest BCUT2D eigenvalue weighted by molar-refractivity contribution is -0.117. The first-order valence-corrected chi connectivity index (χ1v) is 9.23. The molecule has 0 aliphatic heterocycles. The van der Waals surface area contributed by atoms with E-state index in [1.165, 1.54) is 11.6 Å². The molecule has 2 aromatic carbocycles. The summed E-state index contributed by atoms with van der Waals surface area (Å²) in [5, 5.41) is 4.11. The Labute approximate surface area is 163 Å². The zero-order chi connectivity index (χ0) is 19.2. The van der Waals surface area contributed by atoms with Gasteiger partial charge in [-0.05, 0) is 30.2 Å². The van der Waals surface area contributed by atoms with E-state index in [9.17, 15) is 4.79 Å². The second kappa shape index (κ2) is 8.39. The highest BCUT2D eigenvalue weighted by Gasteiger charge is 2.13. The standard InChI is InChI=1S/C23H21N3O2/c27-23(11-10-21-15-19-8-4-5-9-22(19)28-21)25-20(16-26-13-12-24-17-26)14-18-6-2-1-3-7-18/h1-13,15,17,20H,14,16H2,(H,25,27)/b11-10+. The maximum Gasteiger partial charge on any atom is 0.244 e. The third-order valence-electron chi connectivity index (χ3n) is 4.51. The first-order valence-electron chi connectivity index (χ1n) is 9.23. The number of hydrogen-bond donors (Lipinski definition) is 1. The van der Waals surface area contributed by atoms with Gasteiger partial charge in [-0.25, -0.2) is 4.98 Å². The second-order valence-corrected chi connectivity index (χ2v) is 6.67. The van der Waals surface area contributed by atoms with E-state index < -0.39 is 0 Å². The van der Waals surface area contributed by atoms with Crippen molar-refractivity contribution in [3.05, 3.63) is 96.8 Å². The molecule has 0 aliphatic rings. The smallest absolute Gasteiger partial charge is 0.244 e.